The fourth-order valence-electron chi connectivity index (χ4n) is 3.12. The lowest BCUT2D eigenvalue weighted by atomic mass is 9.95. The molecule has 4 rings (SSSR count). The summed E-state index contributed by atoms with van der Waals surface area (Å²) < 4.78 is 13.6. The minimum absolute atomic E-state index is 0.157. The lowest BCUT2D eigenvalue weighted by Crippen LogP contribution is -2.31. The van der Waals surface area contributed by atoms with Crippen molar-refractivity contribution >= 4 is 17.3 Å². The fraction of sp³-hybridized carbons (Fsp3) is 0.0455. The van der Waals surface area contributed by atoms with Gasteiger partial charge >= 0.3 is 0 Å². The van der Waals surface area contributed by atoms with Crippen molar-refractivity contribution in [3.05, 3.63) is 107 Å². The largest absolute Gasteiger partial charge is 0.334 e. The Kier molecular flexibility index (Phi) is 4.34. The highest BCUT2D eigenvalue weighted by molar-refractivity contribution is 6.24. The van der Waals surface area contributed by atoms with E-state index in [-0.39, 0.29) is 40.9 Å². The van der Waals surface area contributed by atoms with Crippen LogP contribution in [-0.2, 0) is 6.54 Å². The van der Waals surface area contributed by atoms with E-state index in [0.717, 1.165) is 5.69 Å². The van der Waals surface area contributed by atoms with Gasteiger partial charge in [0.2, 0.25) is 11.6 Å². The van der Waals surface area contributed by atoms with Gasteiger partial charge in [0.1, 0.15) is 11.5 Å². The van der Waals surface area contributed by atoms with E-state index in [1.807, 2.05) is 30.3 Å². The maximum atomic E-state index is 13.6. The van der Waals surface area contributed by atoms with Crippen LogP contribution in [0.4, 0.5) is 10.1 Å². The number of anilines is 1. The van der Waals surface area contributed by atoms with Gasteiger partial charge in [-0.15, -0.1) is 0 Å². The number of allylic oxidation sites excluding steroid dienone is 2. The van der Waals surface area contributed by atoms with Gasteiger partial charge in [-0.1, -0.05) is 30.3 Å². The summed E-state index contributed by atoms with van der Waals surface area (Å²) in [5, 5.41) is 0. The lowest BCUT2D eigenvalue weighted by molar-refractivity contribution is 0.0978. The van der Waals surface area contributed by atoms with Gasteiger partial charge in [-0.25, -0.2) is 4.39 Å². The molecule has 0 spiro atoms. The third kappa shape index (κ3) is 3.27. The fourth-order valence-corrected chi connectivity index (χ4v) is 3.12. The van der Waals surface area contributed by atoms with Crippen LogP contribution in [0.25, 0.3) is 0 Å². The number of hydrogen-bond donors (Lipinski definition) is 0. The third-order valence-electron chi connectivity index (χ3n) is 4.37. The molecule has 0 N–H and O–H groups in total. The highest BCUT2D eigenvalue weighted by Crippen LogP contribution is 2.28. The van der Waals surface area contributed by atoms with Crippen LogP contribution in [0, 0.1) is 5.82 Å². The molecule has 1 aromatic heterocycles. The number of benzene rings is 2. The molecule has 1 heterocycles. The van der Waals surface area contributed by atoms with Crippen molar-refractivity contribution in [2.45, 2.75) is 6.54 Å². The standard InChI is InChI=1S/C22H15FN2O2/c23-16-7-4-6-15(12-16)14-25(17-8-2-1-3-9-17)19-13-20(26)21-18(22(19)27)10-5-11-24-21/h1-13H,14H2. The number of Topliss-reactive ketones (excluding diaryl/α,β-unsaturated/α-hetero) is 1. The Labute approximate surface area is 155 Å². The Balaban J connectivity index is 1.80. The number of halogens is 1. The summed E-state index contributed by atoms with van der Waals surface area (Å²) in [5.41, 5.74) is 2.11. The van der Waals surface area contributed by atoms with E-state index in [0.29, 0.717) is 5.56 Å². The van der Waals surface area contributed by atoms with Gasteiger partial charge in [-0.3, -0.25) is 14.6 Å². The molecular weight excluding hydrogens is 343 g/mol. The van der Waals surface area contributed by atoms with Crippen LogP contribution in [0.15, 0.2) is 84.7 Å². The first-order chi connectivity index (χ1) is 13.1. The third-order valence-corrected chi connectivity index (χ3v) is 4.37. The number of para-hydroxylation sites is 1. The molecule has 27 heavy (non-hydrogen) atoms. The summed E-state index contributed by atoms with van der Waals surface area (Å²) >= 11 is 0. The van der Waals surface area contributed by atoms with Crippen molar-refractivity contribution in [1.29, 1.82) is 0 Å². The monoisotopic (exact) mass is 358 g/mol. The van der Waals surface area contributed by atoms with Gasteiger partial charge in [-0.05, 0) is 42.0 Å². The van der Waals surface area contributed by atoms with E-state index in [4.69, 9.17) is 0 Å². The molecule has 0 atom stereocenters. The quantitative estimate of drug-likeness (QED) is 0.702. The van der Waals surface area contributed by atoms with Crippen molar-refractivity contribution in [2.75, 3.05) is 4.90 Å². The van der Waals surface area contributed by atoms with Gasteiger partial charge in [0, 0.05) is 24.5 Å². The number of hydrogen-bond acceptors (Lipinski definition) is 4. The minimum Gasteiger partial charge on any atom is -0.334 e. The second-order valence-corrected chi connectivity index (χ2v) is 6.17. The number of rotatable bonds is 4. The number of fused-ring (bicyclic) bond motifs is 1. The number of pyridine rings is 1. The Bertz CT molecular complexity index is 1060. The molecule has 0 aliphatic heterocycles. The number of ketones is 2. The van der Waals surface area contributed by atoms with E-state index in [1.165, 1.54) is 24.4 Å². The molecule has 2 aromatic carbocycles. The molecule has 5 heteroatoms. The molecule has 0 saturated heterocycles. The van der Waals surface area contributed by atoms with Crippen molar-refractivity contribution in [1.82, 2.24) is 4.98 Å². The van der Waals surface area contributed by atoms with Crippen LogP contribution in [0.5, 0.6) is 0 Å². The summed E-state index contributed by atoms with van der Waals surface area (Å²) in [7, 11) is 0. The molecule has 0 fully saturated rings. The van der Waals surface area contributed by atoms with E-state index < -0.39 is 0 Å². The second-order valence-electron chi connectivity index (χ2n) is 6.17. The first-order valence-electron chi connectivity index (χ1n) is 8.46. The molecule has 1 aliphatic rings. The molecular formula is C22H15FN2O2. The van der Waals surface area contributed by atoms with E-state index in [2.05, 4.69) is 4.98 Å². The minimum atomic E-state index is -0.352. The molecule has 0 unspecified atom stereocenters. The highest BCUT2D eigenvalue weighted by Gasteiger charge is 2.30. The first-order valence-corrected chi connectivity index (χ1v) is 8.46. The predicted molar refractivity (Wildman–Crippen MR) is 100 cm³/mol. The maximum Gasteiger partial charge on any atom is 0.211 e. The number of carbonyl (C=O) groups is 2. The van der Waals surface area contributed by atoms with Crippen molar-refractivity contribution in [3.63, 3.8) is 0 Å². The van der Waals surface area contributed by atoms with Gasteiger partial charge in [0.25, 0.3) is 0 Å². The Morgan fingerprint density at radius 2 is 1.74 bits per heavy atom. The van der Waals surface area contributed by atoms with Crippen LogP contribution in [0.2, 0.25) is 0 Å². The first kappa shape index (κ1) is 16.8. The van der Waals surface area contributed by atoms with Gasteiger partial charge in [-0.2, -0.15) is 0 Å². The predicted octanol–water partition coefficient (Wildman–Crippen LogP) is 4.19. The van der Waals surface area contributed by atoms with Crippen LogP contribution in [-0.4, -0.2) is 16.6 Å². The smallest absolute Gasteiger partial charge is 0.211 e. The van der Waals surface area contributed by atoms with Crippen molar-refractivity contribution < 1.29 is 14.0 Å². The SMILES string of the molecule is O=C1C(N(Cc2cccc(F)c2)c2ccccc2)=CC(=O)c2ncccc21. The molecule has 0 radical (unpaired) electrons. The maximum absolute atomic E-state index is 13.6. The van der Waals surface area contributed by atoms with Crippen LogP contribution in [0.1, 0.15) is 26.4 Å². The average molecular weight is 358 g/mol. The zero-order chi connectivity index (χ0) is 18.8. The second kappa shape index (κ2) is 6.96. The average Bonchev–Trinajstić information content (AvgIpc) is 2.70. The summed E-state index contributed by atoms with van der Waals surface area (Å²) in [5.74, 6) is -0.951. The Hall–Kier alpha value is -3.60. The molecule has 3 aromatic rings. The summed E-state index contributed by atoms with van der Waals surface area (Å²) in [6, 6.07) is 18.7. The Morgan fingerprint density at radius 1 is 0.926 bits per heavy atom. The number of nitrogens with zero attached hydrogens (tertiary/aromatic N) is 2. The summed E-state index contributed by atoms with van der Waals surface area (Å²) in [4.78, 5) is 31.3. The molecule has 0 bridgehead atoms. The topological polar surface area (TPSA) is 50.3 Å². The number of aromatic nitrogens is 1. The highest BCUT2D eigenvalue weighted by atomic mass is 19.1. The Morgan fingerprint density at radius 3 is 2.52 bits per heavy atom. The summed E-state index contributed by atoms with van der Waals surface area (Å²) in [6.45, 7) is 0.252. The van der Waals surface area contributed by atoms with Gasteiger partial charge < -0.3 is 4.90 Å². The van der Waals surface area contributed by atoms with E-state index in [9.17, 15) is 14.0 Å². The zero-order valence-corrected chi connectivity index (χ0v) is 14.3. The van der Waals surface area contributed by atoms with Crippen molar-refractivity contribution in [2.24, 2.45) is 0 Å². The van der Waals surface area contributed by atoms with Gasteiger partial charge in [0.05, 0.1) is 11.3 Å². The van der Waals surface area contributed by atoms with Crippen molar-refractivity contribution in [3.8, 4) is 0 Å². The zero-order valence-electron chi connectivity index (χ0n) is 14.3. The van der Waals surface area contributed by atoms with Gasteiger partial charge in [0.15, 0.2) is 0 Å². The van der Waals surface area contributed by atoms with E-state index in [1.54, 1.807) is 29.2 Å². The molecule has 0 amide bonds. The van der Waals surface area contributed by atoms with Crippen LogP contribution in [0.3, 0.4) is 0 Å². The lowest BCUT2D eigenvalue weighted by Gasteiger charge is -2.28. The molecule has 1 aliphatic carbocycles. The van der Waals surface area contributed by atoms with Crippen LogP contribution >= 0.6 is 0 Å². The summed E-state index contributed by atoms with van der Waals surface area (Å²) in [6.07, 6.45) is 2.80. The molecule has 4 nitrogen and oxygen atoms in total. The molecule has 132 valence electrons. The normalized spacial score (nSPS) is 13.1. The number of carbonyl (C=O) groups excluding carboxylic acids is 2. The van der Waals surface area contributed by atoms with E-state index >= 15 is 0 Å². The molecule has 0 saturated carbocycles. The van der Waals surface area contributed by atoms with Crippen LogP contribution < -0.4 is 4.90 Å².